The molecule has 0 spiro atoms. The molecule has 1 atom stereocenters. The van der Waals surface area contributed by atoms with Crippen molar-refractivity contribution in [1.29, 1.82) is 0 Å². The van der Waals surface area contributed by atoms with Crippen molar-refractivity contribution in [3.8, 4) is 0 Å². The smallest absolute Gasteiger partial charge is 0.312 e. The summed E-state index contributed by atoms with van der Waals surface area (Å²) >= 11 is 0. The number of aromatic nitrogens is 1. The van der Waals surface area contributed by atoms with Crippen LogP contribution in [0.15, 0.2) is 24.5 Å². The van der Waals surface area contributed by atoms with Crippen molar-refractivity contribution in [2.45, 2.75) is 19.4 Å². The number of aliphatic carboxylic acids is 1. The zero-order chi connectivity index (χ0) is 14.5. The summed E-state index contributed by atoms with van der Waals surface area (Å²) in [6, 6.07) is 4.21. The van der Waals surface area contributed by atoms with Crippen LogP contribution in [0.2, 0.25) is 0 Å². The molecule has 20 heavy (non-hydrogen) atoms. The molecule has 0 aromatic carbocycles. The van der Waals surface area contributed by atoms with Gasteiger partial charge in [-0.3, -0.25) is 19.5 Å². The van der Waals surface area contributed by atoms with E-state index < -0.39 is 12.4 Å². The molecule has 1 unspecified atom stereocenters. The topological polar surface area (TPSA) is 73.7 Å². The van der Waals surface area contributed by atoms with E-state index in [-0.39, 0.29) is 11.9 Å². The first-order valence-electron chi connectivity index (χ1n) is 6.71. The van der Waals surface area contributed by atoms with E-state index in [1.165, 1.54) is 0 Å². The van der Waals surface area contributed by atoms with Gasteiger partial charge in [-0.15, -0.1) is 0 Å². The Hall–Kier alpha value is -1.95. The number of carbonyl (C=O) groups excluding carboxylic acids is 1. The van der Waals surface area contributed by atoms with Crippen LogP contribution in [0.25, 0.3) is 0 Å². The molecule has 2 rings (SSSR count). The number of hydrogen-bond donors (Lipinski definition) is 1. The molecule has 1 fully saturated rings. The van der Waals surface area contributed by atoms with E-state index in [1.807, 2.05) is 18.3 Å². The van der Waals surface area contributed by atoms with E-state index in [4.69, 9.17) is 5.11 Å². The average molecular weight is 277 g/mol. The molecule has 6 heteroatoms. The van der Waals surface area contributed by atoms with Crippen LogP contribution >= 0.6 is 0 Å². The van der Waals surface area contributed by atoms with Gasteiger partial charge in [-0.2, -0.15) is 0 Å². The third kappa shape index (κ3) is 3.54. The summed E-state index contributed by atoms with van der Waals surface area (Å²) in [5, 5.41) is 8.64. The maximum Gasteiger partial charge on any atom is 0.312 e. The maximum absolute atomic E-state index is 11.7. The van der Waals surface area contributed by atoms with Gasteiger partial charge in [-0.05, 0) is 18.6 Å². The fourth-order valence-corrected chi connectivity index (χ4v) is 2.43. The predicted molar refractivity (Wildman–Crippen MR) is 73.1 cm³/mol. The normalized spacial score (nSPS) is 17.8. The van der Waals surface area contributed by atoms with Crippen LogP contribution in [0.5, 0.6) is 0 Å². The van der Waals surface area contributed by atoms with Crippen LogP contribution in [0.3, 0.4) is 0 Å². The number of pyridine rings is 1. The van der Waals surface area contributed by atoms with Gasteiger partial charge in [0.2, 0.25) is 5.91 Å². The summed E-state index contributed by atoms with van der Waals surface area (Å²) < 4.78 is 0. The maximum atomic E-state index is 11.7. The molecule has 1 amide bonds. The van der Waals surface area contributed by atoms with Crippen molar-refractivity contribution >= 4 is 11.9 Å². The minimum absolute atomic E-state index is 0.250. The molecule has 1 N–H and O–H groups in total. The first-order valence-corrected chi connectivity index (χ1v) is 6.71. The van der Waals surface area contributed by atoms with Gasteiger partial charge >= 0.3 is 5.97 Å². The number of piperazine rings is 1. The number of carboxylic acids is 1. The van der Waals surface area contributed by atoms with E-state index in [0.29, 0.717) is 13.1 Å². The van der Waals surface area contributed by atoms with Gasteiger partial charge < -0.3 is 10.0 Å². The Balaban J connectivity index is 1.88. The van der Waals surface area contributed by atoms with E-state index >= 15 is 0 Å². The standard InChI is InChI=1S/C14H19N3O3/c1-11(12-3-2-4-15-10-12)16-5-7-17(8-6-16)13(18)9-14(19)20/h2-4,10-11H,5-9H2,1H3,(H,19,20). The molecule has 1 aromatic rings. The Bertz CT molecular complexity index is 470. The quantitative estimate of drug-likeness (QED) is 0.823. The van der Waals surface area contributed by atoms with E-state index in [1.54, 1.807) is 11.1 Å². The number of nitrogens with zero attached hydrogens (tertiary/aromatic N) is 3. The van der Waals surface area contributed by atoms with Crippen LogP contribution in [0, 0.1) is 0 Å². The van der Waals surface area contributed by atoms with Crippen molar-refractivity contribution in [3.63, 3.8) is 0 Å². The molecule has 1 aliphatic heterocycles. The minimum Gasteiger partial charge on any atom is -0.481 e. The van der Waals surface area contributed by atoms with Gasteiger partial charge in [0.15, 0.2) is 0 Å². The van der Waals surface area contributed by atoms with Gasteiger partial charge in [0, 0.05) is 44.6 Å². The lowest BCUT2D eigenvalue weighted by Gasteiger charge is -2.38. The molecule has 6 nitrogen and oxygen atoms in total. The van der Waals surface area contributed by atoms with Gasteiger partial charge in [-0.25, -0.2) is 0 Å². The van der Waals surface area contributed by atoms with Crippen LogP contribution < -0.4 is 0 Å². The Morgan fingerprint density at radius 2 is 2.05 bits per heavy atom. The Morgan fingerprint density at radius 1 is 1.35 bits per heavy atom. The Morgan fingerprint density at radius 3 is 2.60 bits per heavy atom. The van der Waals surface area contributed by atoms with Crippen molar-refractivity contribution in [2.24, 2.45) is 0 Å². The second-order valence-electron chi connectivity index (χ2n) is 4.95. The highest BCUT2D eigenvalue weighted by atomic mass is 16.4. The lowest BCUT2D eigenvalue weighted by molar-refractivity contribution is -0.145. The summed E-state index contributed by atoms with van der Waals surface area (Å²) in [6.45, 7) is 4.78. The largest absolute Gasteiger partial charge is 0.481 e. The zero-order valence-corrected chi connectivity index (χ0v) is 11.5. The number of rotatable bonds is 4. The summed E-state index contributed by atoms with van der Waals surface area (Å²) in [6.07, 6.45) is 3.18. The lowest BCUT2D eigenvalue weighted by Crippen LogP contribution is -2.49. The number of carboxylic acid groups (broad SMARTS) is 1. The molecule has 0 saturated carbocycles. The van der Waals surface area contributed by atoms with Gasteiger partial charge in [0.25, 0.3) is 0 Å². The Labute approximate surface area is 118 Å². The molecule has 0 radical (unpaired) electrons. The summed E-state index contributed by atoms with van der Waals surface area (Å²) in [5.74, 6) is -1.37. The fraction of sp³-hybridized carbons (Fsp3) is 0.500. The molecule has 1 aromatic heterocycles. The van der Waals surface area contributed by atoms with Crippen LogP contribution in [0.4, 0.5) is 0 Å². The highest BCUT2D eigenvalue weighted by molar-refractivity contribution is 5.93. The van der Waals surface area contributed by atoms with Crippen molar-refractivity contribution in [2.75, 3.05) is 26.2 Å². The van der Waals surface area contributed by atoms with Crippen molar-refractivity contribution in [3.05, 3.63) is 30.1 Å². The zero-order valence-electron chi connectivity index (χ0n) is 11.5. The van der Waals surface area contributed by atoms with Gasteiger partial charge in [-0.1, -0.05) is 6.07 Å². The van der Waals surface area contributed by atoms with Crippen LogP contribution in [-0.4, -0.2) is 57.9 Å². The SMILES string of the molecule is CC(c1cccnc1)N1CCN(C(=O)CC(=O)O)CC1. The molecule has 0 bridgehead atoms. The predicted octanol–water partition coefficient (Wildman–Crippen LogP) is 0.762. The summed E-state index contributed by atoms with van der Waals surface area (Å²) in [5.41, 5.74) is 1.15. The number of carbonyl (C=O) groups is 2. The van der Waals surface area contributed by atoms with Crippen LogP contribution in [-0.2, 0) is 9.59 Å². The minimum atomic E-state index is -1.07. The molecule has 1 saturated heterocycles. The molecule has 0 aliphatic carbocycles. The third-order valence-electron chi connectivity index (χ3n) is 3.68. The van der Waals surface area contributed by atoms with Crippen molar-refractivity contribution < 1.29 is 14.7 Å². The first kappa shape index (κ1) is 14.5. The fourth-order valence-electron chi connectivity index (χ4n) is 2.43. The highest BCUT2D eigenvalue weighted by Gasteiger charge is 2.25. The van der Waals surface area contributed by atoms with E-state index in [9.17, 15) is 9.59 Å². The molecule has 1 aliphatic rings. The van der Waals surface area contributed by atoms with E-state index in [0.717, 1.165) is 18.7 Å². The second-order valence-corrected chi connectivity index (χ2v) is 4.95. The highest BCUT2D eigenvalue weighted by Crippen LogP contribution is 2.20. The first-order chi connectivity index (χ1) is 9.58. The van der Waals surface area contributed by atoms with Crippen LogP contribution in [0.1, 0.15) is 24.9 Å². The van der Waals surface area contributed by atoms with Crippen molar-refractivity contribution in [1.82, 2.24) is 14.8 Å². The molecular formula is C14H19N3O3. The van der Waals surface area contributed by atoms with E-state index in [2.05, 4.69) is 16.8 Å². The molecular weight excluding hydrogens is 258 g/mol. The number of amides is 1. The Kier molecular flexibility index (Phi) is 4.68. The third-order valence-corrected chi connectivity index (χ3v) is 3.68. The molecule has 2 heterocycles. The second kappa shape index (κ2) is 6.47. The number of hydrogen-bond acceptors (Lipinski definition) is 4. The summed E-state index contributed by atoms with van der Waals surface area (Å²) in [7, 11) is 0. The van der Waals surface area contributed by atoms with Gasteiger partial charge in [0.05, 0.1) is 0 Å². The molecule has 108 valence electrons. The van der Waals surface area contributed by atoms with Gasteiger partial charge in [0.1, 0.15) is 6.42 Å². The monoisotopic (exact) mass is 277 g/mol. The lowest BCUT2D eigenvalue weighted by atomic mass is 10.1. The average Bonchev–Trinajstić information content (AvgIpc) is 2.47. The summed E-state index contributed by atoms with van der Waals surface area (Å²) in [4.78, 5) is 30.2.